The molecule has 0 aromatic carbocycles. The zero-order chi connectivity index (χ0) is 15.2. The molecule has 0 spiro atoms. The minimum absolute atomic E-state index is 0.1000. The van der Waals surface area contributed by atoms with Crippen LogP contribution in [0, 0.1) is 0 Å². The molecule has 3 heterocycles. The maximum Gasteiger partial charge on any atom is 0.270 e. The molecule has 2 aromatic rings. The number of carbonyl (C=O) groups excluding carboxylic acids is 1. The Morgan fingerprint density at radius 2 is 1.90 bits per heavy atom. The zero-order valence-electron chi connectivity index (χ0n) is 11.9. The van der Waals surface area contributed by atoms with Crippen molar-refractivity contribution in [2.75, 3.05) is 32.4 Å². The number of aryl methyl sites for hydroxylation is 1. The fourth-order valence-corrected chi connectivity index (χ4v) is 3.47. The Kier molecular flexibility index (Phi) is 3.29. The van der Waals surface area contributed by atoms with Gasteiger partial charge in [0.05, 0.1) is 18.0 Å². The molecule has 0 aliphatic carbocycles. The van der Waals surface area contributed by atoms with E-state index < -0.39 is 10.0 Å². The first-order chi connectivity index (χ1) is 9.88. The first kappa shape index (κ1) is 14.2. The molecular weight excluding hydrogens is 294 g/mol. The van der Waals surface area contributed by atoms with E-state index in [1.165, 1.54) is 10.6 Å². The van der Waals surface area contributed by atoms with Gasteiger partial charge in [-0.25, -0.2) is 8.42 Å². The number of nitrogens with zero attached hydrogens (tertiary/aromatic N) is 3. The van der Waals surface area contributed by atoms with E-state index in [1.54, 1.807) is 21.8 Å². The third kappa shape index (κ3) is 2.44. The molecule has 7 nitrogen and oxygen atoms in total. The van der Waals surface area contributed by atoms with Crippen molar-refractivity contribution in [2.24, 2.45) is 7.05 Å². The number of amides is 1. The maximum absolute atomic E-state index is 12.5. The van der Waals surface area contributed by atoms with Crippen LogP contribution in [0.25, 0.3) is 11.1 Å². The lowest BCUT2D eigenvalue weighted by Gasteiger charge is -2.33. The number of rotatable bonds is 2. The molecule has 0 atom stereocenters. The summed E-state index contributed by atoms with van der Waals surface area (Å²) in [5, 5.41) is 0. The minimum Gasteiger partial charge on any atom is -0.463 e. The third-order valence-electron chi connectivity index (χ3n) is 3.88. The number of carbonyl (C=O) groups is 1. The van der Waals surface area contributed by atoms with Crippen LogP contribution in [0.1, 0.15) is 10.5 Å². The smallest absolute Gasteiger partial charge is 0.270 e. The van der Waals surface area contributed by atoms with Gasteiger partial charge in [-0.3, -0.25) is 4.79 Å². The van der Waals surface area contributed by atoms with Gasteiger partial charge in [0.1, 0.15) is 5.69 Å². The normalized spacial score (nSPS) is 17.5. The van der Waals surface area contributed by atoms with Crippen LogP contribution in [-0.2, 0) is 17.1 Å². The van der Waals surface area contributed by atoms with E-state index in [4.69, 9.17) is 4.42 Å². The molecule has 21 heavy (non-hydrogen) atoms. The van der Waals surface area contributed by atoms with Crippen molar-refractivity contribution in [3.63, 3.8) is 0 Å². The molecule has 114 valence electrons. The third-order valence-corrected chi connectivity index (χ3v) is 5.18. The lowest BCUT2D eigenvalue weighted by atomic mass is 10.3. The Morgan fingerprint density at radius 3 is 2.48 bits per heavy atom. The van der Waals surface area contributed by atoms with Gasteiger partial charge in [0, 0.05) is 45.4 Å². The predicted molar refractivity (Wildman–Crippen MR) is 77.5 cm³/mol. The van der Waals surface area contributed by atoms with Crippen LogP contribution in [0.3, 0.4) is 0 Å². The van der Waals surface area contributed by atoms with Crippen molar-refractivity contribution < 1.29 is 17.6 Å². The zero-order valence-corrected chi connectivity index (χ0v) is 12.8. The Labute approximate surface area is 122 Å². The highest BCUT2D eigenvalue weighted by atomic mass is 32.2. The van der Waals surface area contributed by atoms with Crippen LogP contribution < -0.4 is 0 Å². The number of aromatic nitrogens is 1. The van der Waals surface area contributed by atoms with Crippen LogP contribution in [0.2, 0.25) is 0 Å². The Morgan fingerprint density at radius 1 is 1.24 bits per heavy atom. The van der Waals surface area contributed by atoms with Gasteiger partial charge in [-0.15, -0.1) is 0 Å². The van der Waals surface area contributed by atoms with E-state index in [-0.39, 0.29) is 5.91 Å². The molecule has 1 aliphatic rings. The molecule has 0 saturated carbocycles. The minimum atomic E-state index is -3.18. The number of furan rings is 1. The van der Waals surface area contributed by atoms with Gasteiger partial charge in [-0.2, -0.15) is 4.31 Å². The summed E-state index contributed by atoms with van der Waals surface area (Å²) >= 11 is 0. The first-order valence-corrected chi connectivity index (χ1v) is 8.50. The summed E-state index contributed by atoms with van der Waals surface area (Å²) in [6.07, 6.45) is 2.78. The standard InChI is InChI=1S/C13H17N3O4S/c1-14-10-3-8-20-12(10)9-11(14)13(17)15-4-6-16(7-5-15)21(2,18)19/h3,8-9H,4-7H2,1-2H3. The summed E-state index contributed by atoms with van der Waals surface area (Å²) in [6.45, 7) is 1.48. The number of piperazine rings is 1. The first-order valence-electron chi connectivity index (χ1n) is 6.65. The van der Waals surface area contributed by atoms with Gasteiger partial charge in [0.15, 0.2) is 5.58 Å². The molecule has 1 fully saturated rings. The lowest BCUT2D eigenvalue weighted by Crippen LogP contribution is -2.50. The number of hydrogen-bond donors (Lipinski definition) is 0. The van der Waals surface area contributed by atoms with Crippen LogP contribution in [0.5, 0.6) is 0 Å². The van der Waals surface area contributed by atoms with Gasteiger partial charge in [-0.05, 0) is 0 Å². The molecule has 0 N–H and O–H groups in total. The van der Waals surface area contributed by atoms with Crippen LogP contribution >= 0.6 is 0 Å². The highest BCUT2D eigenvalue weighted by Crippen LogP contribution is 2.21. The molecule has 0 bridgehead atoms. The van der Waals surface area contributed by atoms with Crippen LogP contribution in [-0.4, -0.2) is 60.5 Å². The Hall–Kier alpha value is -1.80. The van der Waals surface area contributed by atoms with E-state index in [9.17, 15) is 13.2 Å². The highest BCUT2D eigenvalue weighted by molar-refractivity contribution is 7.88. The largest absolute Gasteiger partial charge is 0.463 e. The quantitative estimate of drug-likeness (QED) is 0.809. The van der Waals surface area contributed by atoms with Crippen LogP contribution in [0.4, 0.5) is 0 Å². The number of sulfonamides is 1. The van der Waals surface area contributed by atoms with E-state index in [0.29, 0.717) is 37.5 Å². The van der Waals surface area contributed by atoms with Crippen molar-refractivity contribution >= 4 is 27.0 Å². The monoisotopic (exact) mass is 311 g/mol. The summed E-state index contributed by atoms with van der Waals surface area (Å²) in [4.78, 5) is 14.2. The summed E-state index contributed by atoms with van der Waals surface area (Å²) in [5.41, 5.74) is 2.10. The van der Waals surface area contributed by atoms with Gasteiger partial charge >= 0.3 is 0 Å². The lowest BCUT2D eigenvalue weighted by molar-refractivity contribution is 0.0689. The van der Waals surface area contributed by atoms with Crippen molar-refractivity contribution in [2.45, 2.75) is 0 Å². The van der Waals surface area contributed by atoms with E-state index in [2.05, 4.69) is 0 Å². The summed E-state index contributed by atoms with van der Waals surface area (Å²) < 4.78 is 31.4. The van der Waals surface area contributed by atoms with Crippen molar-refractivity contribution in [1.82, 2.24) is 13.8 Å². The summed E-state index contributed by atoms with van der Waals surface area (Å²) in [6, 6.07) is 3.54. The Balaban J connectivity index is 1.78. The molecule has 1 amide bonds. The molecule has 3 rings (SSSR count). The van der Waals surface area contributed by atoms with Gasteiger partial charge < -0.3 is 13.9 Å². The van der Waals surface area contributed by atoms with E-state index in [0.717, 1.165) is 5.52 Å². The average molecular weight is 311 g/mol. The fourth-order valence-electron chi connectivity index (χ4n) is 2.64. The molecule has 2 aromatic heterocycles. The van der Waals surface area contributed by atoms with E-state index >= 15 is 0 Å². The molecular formula is C13H17N3O4S. The van der Waals surface area contributed by atoms with Gasteiger partial charge in [-0.1, -0.05) is 0 Å². The Bertz CT molecular complexity index is 782. The summed E-state index contributed by atoms with van der Waals surface area (Å²) in [7, 11) is -1.37. The summed E-state index contributed by atoms with van der Waals surface area (Å²) in [5.74, 6) is -0.1000. The van der Waals surface area contributed by atoms with Gasteiger partial charge in [0.2, 0.25) is 10.0 Å². The SMILES string of the molecule is Cn1c(C(=O)N2CCN(S(C)(=O)=O)CC2)cc2occc21. The maximum atomic E-state index is 12.5. The van der Waals surface area contributed by atoms with Gasteiger partial charge in [0.25, 0.3) is 5.91 Å². The predicted octanol–water partition coefficient (Wildman–Crippen LogP) is 0.489. The van der Waals surface area contributed by atoms with Crippen molar-refractivity contribution in [3.8, 4) is 0 Å². The molecule has 1 saturated heterocycles. The van der Waals surface area contributed by atoms with Crippen molar-refractivity contribution in [1.29, 1.82) is 0 Å². The topological polar surface area (TPSA) is 75.8 Å². The van der Waals surface area contributed by atoms with Crippen LogP contribution in [0.15, 0.2) is 22.8 Å². The molecule has 0 unspecified atom stereocenters. The number of fused-ring (bicyclic) bond motifs is 1. The van der Waals surface area contributed by atoms with Crippen molar-refractivity contribution in [3.05, 3.63) is 24.1 Å². The molecule has 1 aliphatic heterocycles. The second kappa shape index (κ2) is 4.88. The fraction of sp³-hybridized carbons (Fsp3) is 0.462. The molecule has 8 heteroatoms. The van der Waals surface area contributed by atoms with E-state index in [1.807, 2.05) is 13.1 Å². The number of hydrogen-bond acceptors (Lipinski definition) is 4. The second-order valence-electron chi connectivity index (χ2n) is 5.21. The highest BCUT2D eigenvalue weighted by Gasteiger charge is 2.28. The second-order valence-corrected chi connectivity index (χ2v) is 7.20. The molecule has 0 radical (unpaired) electrons. The average Bonchev–Trinajstić information content (AvgIpc) is 3.01.